The highest BCUT2D eigenvalue weighted by molar-refractivity contribution is 6.42. The second kappa shape index (κ2) is 10.7. The fourth-order valence-electron chi connectivity index (χ4n) is 4.55. The first kappa shape index (κ1) is 21.8. The molecule has 0 amide bonds. The number of hydrogen-bond donors (Lipinski definition) is 0. The first-order valence-electron chi connectivity index (χ1n) is 11.0. The highest BCUT2D eigenvalue weighted by Crippen LogP contribution is 2.28. The maximum absolute atomic E-state index is 6.19. The van der Waals surface area contributed by atoms with Crippen molar-refractivity contribution in [2.75, 3.05) is 63.9 Å². The van der Waals surface area contributed by atoms with E-state index in [4.69, 9.17) is 27.9 Å². The predicted octanol–water partition coefficient (Wildman–Crippen LogP) is 4.91. The van der Waals surface area contributed by atoms with Crippen LogP contribution in [0.15, 0.2) is 48.5 Å². The zero-order valence-electron chi connectivity index (χ0n) is 17.5. The van der Waals surface area contributed by atoms with E-state index in [0.29, 0.717) is 10.0 Å². The number of para-hydroxylation sites is 1. The Hall–Kier alpha value is -1.46. The molecule has 2 saturated heterocycles. The summed E-state index contributed by atoms with van der Waals surface area (Å²) in [6.07, 6.45) is 2.63. The second-order valence-electron chi connectivity index (χ2n) is 8.36. The van der Waals surface area contributed by atoms with Crippen molar-refractivity contribution in [3.8, 4) is 5.75 Å². The van der Waals surface area contributed by atoms with Gasteiger partial charge in [-0.2, -0.15) is 0 Å². The van der Waals surface area contributed by atoms with Crippen LogP contribution in [-0.2, 0) is 0 Å². The van der Waals surface area contributed by atoms with Gasteiger partial charge in [0, 0.05) is 51.5 Å². The molecule has 4 nitrogen and oxygen atoms in total. The Bertz CT molecular complexity index is 796. The summed E-state index contributed by atoms with van der Waals surface area (Å²) >= 11 is 12.2. The summed E-state index contributed by atoms with van der Waals surface area (Å²) in [5.74, 6) is 1.72. The molecule has 0 unspecified atom stereocenters. The van der Waals surface area contributed by atoms with Crippen LogP contribution >= 0.6 is 23.2 Å². The molecule has 0 aromatic heterocycles. The summed E-state index contributed by atoms with van der Waals surface area (Å²) < 4.78 is 5.89. The third kappa shape index (κ3) is 6.04. The fourth-order valence-corrected chi connectivity index (χ4v) is 4.84. The van der Waals surface area contributed by atoms with Gasteiger partial charge in [0.1, 0.15) is 12.4 Å². The molecule has 6 heteroatoms. The summed E-state index contributed by atoms with van der Waals surface area (Å²) in [5.41, 5.74) is 1.17. The Morgan fingerprint density at radius 3 is 2.43 bits per heavy atom. The van der Waals surface area contributed by atoms with E-state index in [1.807, 2.05) is 42.5 Å². The quantitative estimate of drug-likeness (QED) is 0.600. The average Bonchev–Trinajstić information content (AvgIpc) is 2.77. The van der Waals surface area contributed by atoms with Crippen LogP contribution in [0.5, 0.6) is 5.75 Å². The number of anilines is 1. The van der Waals surface area contributed by atoms with Crippen LogP contribution in [0.3, 0.4) is 0 Å². The highest BCUT2D eigenvalue weighted by Gasteiger charge is 2.24. The van der Waals surface area contributed by atoms with Crippen molar-refractivity contribution in [2.45, 2.75) is 12.8 Å². The van der Waals surface area contributed by atoms with E-state index in [0.717, 1.165) is 51.0 Å². The summed E-state index contributed by atoms with van der Waals surface area (Å²) in [4.78, 5) is 7.61. The van der Waals surface area contributed by atoms with Gasteiger partial charge in [0.2, 0.25) is 0 Å². The van der Waals surface area contributed by atoms with Gasteiger partial charge in [-0.3, -0.25) is 9.80 Å². The molecular weight excluding hydrogens is 417 g/mol. The lowest BCUT2D eigenvalue weighted by Crippen LogP contribution is -2.50. The predicted molar refractivity (Wildman–Crippen MR) is 126 cm³/mol. The molecule has 0 bridgehead atoms. The molecule has 2 aromatic rings. The smallest absolute Gasteiger partial charge is 0.119 e. The number of ether oxygens (including phenoxy) is 1. The number of benzene rings is 2. The van der Waals surface area contributed by atoms with Crippen molar-refractivity contribution < 1.29 is 4.74 Å². The van der Waals surface area contributed by atoms with Gasteiger partial charge in [-0.05, 0) is 55.6 Å². The third-order valence-corrected chi connectivity index (χ3v) is 6.92. The zero-order chi connectivity index (χ0) is 20.8. The van der Waals surface area contributed by atoms with E-state index in [-0.39, 0.29) is 0 Å². The Morgan fingerprint density at radius 2 is 1.67 bits per heavy atom. The third-order valence-electron chi connectivity index (χ3n) is 6.18. The van der Waals surface area contributed by atoms with Crippen LogP contribution in [-0.4, -0.2) is 68.8 Å². The molecule has 2 aliphatic heterocycles. The molecule has 162 valence electrons. The Balaban J connectivity index is 1.19. The van der Waals surface area contributed by atoms with Crippen LogP contribution in [0.25, 0.3) is 0 Å². The number of rotatable bonds is 7. The first-order valence-corrected chi connectivity index (χ1v) is 11.8. The lowest BCUT2D eigenvalue weighted by Gasteiger charge is -2.40. The number of halogens is 2. The summed E-state index contributed by atoms with van der Waals surface area (Å²) in [6, 6.07) is 16.1. The number of nitrogens with zero attached hydrogens (tertiary/aromatic N) is 3. The molecule has 30 heavy (non-hydrogen) atoms. The maximum atomic E-state index is 6.19. The molecule has 2 aromatic carbocycles. The monoisotopic (exact) mass is 447 g/mol. The Morgan fingerprint density at radius 1 is 0.867 bits per heavy atom. The van der Waals surface area contributed by atoms with Crippen LogP contribution in [0, 0.1) is 5.92 Å². The number of piperazine rings is 1. The zero-order valence-corrected chi connectivity index (χ0v) is 19.0. The molecular formula is C24H31Cl2N3O. The first-order chi connectivity index (χ1) is 14.7. The number of piperidine rings is 1. The normalized spacial score (nSPS) is 21.0. The second-order valence-corrected chi connectivity index (χ2v) is 9.17. The van der Waals surface area contributed by atoms with E-state index in [1.54, 1.807) is 0 Å². The Kier molecular flexibility index (Phi) is 7.78. The standard InChI is InChI=1S/C24H31Cl2N3O/c25-23-9-8-21(17-24(23)26)29-13-11-28(12-14-29)19-20-5-4-10-27(18-20)15-16-30-22-6-2-1-3-7-22/h1-3,6-9,17,20H,4-5,10-16,18-19H2/t20-/m1/s1. The minimum absolute atomic E-state index is 0.620. The lowest BCUT2D eigenvalue weighted by molar-refractivity contribution is 0.116. The molecule has 0 radical (unpaired) electrons. The molecule has 0 saturated carbocycles. The molecule has 0 N–H and O–H groups in total. The van der Waals surface area contributed by atoms with E-state index in [1.165, 1.54) is 38.2 Å². The molecule has 0 spiro atoms. The van der Waals surface area contributed by atoms with Crippen molar-refractivity contribution >= 4 is 28.9 Å². The summed E-state index contributed by atoms with van der Waals surface area (Å²) in [5, 5.41) is 1.25. The fraction of sp³-hybridized carbons (Fsp3) is 0.500. The molecule has 2 aliphatic rings. The van der Waals surface area contributed by atoms with Crippen molar-refractivity contribution in [1.82, 2.24) is 9.80 Å². The van der Waals surface area contributed by atoms with Gasteiger partial charge in [0.25, 0.3) is 0 Å². The minimum atomic E-state index is 0.620. The molecule has 0 aliphatic carbocycles. The van der Waals surface area contributed by atoms with E-state index in [9.17, 15) is 0 Å². The van der Waals surface area contributed by atoms with Gasteiger partial charge in [0.05, 0.1) is 10.0 Å². The largest absolute Gasteiger partial charge is 0.492 e. The Labute approximate surface area is 190 Å². The van der Waals surface area contributed by atoms with Gasteiger partial charge in [0.15, 0.2) is 0 Å². The van der Waals surface area contributed by atoms with Crippen LogP contribution < -0.4 is 9.64 Å². The summed E-state index contributed by atoms with van der Waals surface area (Å²) in [6.45, 7) is 9.64. The maximum Gasteiger partial charge on any atom is 0.119 e. The van der Waals surface area contributed by atoms with Gasteiger partial charge >= 0.3 is 0 Å². The van der Waals surface area contributed by atoms with Crippen molar-refractivity contribution in [1.29, 1.82) is 0 Å². The van der Waals surface area contributed by atoms with E-state index in [2.05, 4.69) is 20.8 Å². The van der Waals surface area contributed by atoms with Crippen molar-refractivity contribution in [2.24, 2.45) is 5.92 Å². The SMILES string of the molecule is Clc1ccc(N2CCN(C[C@@H]3CCCN(CCOc4ccccc4)C3)CC2)cc1Cl. The topological polar surface area (TPSA) is 19.0 Å². The van der Waals surface area contributed by atoms with Crippen molar-refractivity contribution in [3.05, 3.63) is 58.6 Å². The molecule has 2 fully saturated rings. The van der Waals surface area contributed by atoms with E-state index >= 15 is 0 Å². The van der Waals surface area contributed by atoms with Crippen molar-refractivity contribution in [3.63, 3.8) is 0 Å². The molecule has 4 rings (SSSR count). The number of likely N-dealkylation sites (tertiary alicyclic amines) is 1. The van der Waals surface area contributed by atoms with E-state index < -0.39 is 0 Å². The van der Waals surface area contributed by atoms with Gasteiger partial charge < -0.3 is 9.64 Å². The minimum Gasteiger partial charge on any atom is -0.492 e. The molecule has 2 heterocycles. The van der Waals surface area contributed by atoms with Crippen LogP contribution in [0.4, 0.5) is 5.69 Å². The highest BCUT2D eigenvalue weighted by atomic mass is 35.5. The summed E-state index contributed by atoms with van der Waals surface area (Å²) in [7, 11) is 0. The van der Waals surface area contributed by atoms with Crippen LogP contribution in [0.1, 0.15) is 12.8 Å². The van der Waals surface area contributed by atoms with Gasteiger partial charge in [-0.15, -0.1) is 0 Å². The van der Waals surface area contributed by atoms with Gasteiger partial charge in [-0.25, -0.2) is 0 Å². The number of hydrogen-bond acceptors (Lipinski definition) is 4. The average molecular weight is 448 g/mol. The molecule has 1 atom stereocenters. The van der Waals surface area contributed by atoms with Crippen LogP contribution in [0.2, 0.25) is 10.0 Å². The van der Waals surface area contributed by atoms with Gasteiger partial charge in [-0.1, -0.05) is 41.4 Å². The lowest BCUT2D eigenvalue weighted by atomic mass is 9.97.